The van der Waals surface area contributed by atoms with Crippen molar-refractivity contribution in [1.29, 1.82) is 0 Å². The molecule has 0 radical (unpaired) electrons. The molecule has 0 spiro atoms. The summed E-state index contributed by atoms with van der Waals surface area (Å²) in [4.78, 5) is 3.54. The van der Waals surface area contributed by atoms with Crippen molar-refractivity contribution < 1.29 is 5.11 Å². The Bertz CT molecular complexity index is 976. The lowest BCUT2D eigenvalue weighted by Crippen LogP contribution is -2.24. The van der Waals surface area contributed by atoms with Crippen LogP contribution in [0, 0.1) is 0 Å². The Morgan fingerprint density at radius 2 is 1.58 bits per heavy atom. The zero-order valence-corrected chi connectivity index (χ0v) is 15.5. The molecule has 0 bridgehead atoms. The highest BCUT2D eigenvalue weighted by Gasteiger charge is 2.24. The predicted octanol–water partition coefficient (Wildman–Crippen LogP) is 5.83. The molecule has 1 heterocycles. The van der Waals surface area contributed by atoms with E-state index >= 15 is 0 Å². The second kappa shape index (κ2) is 7.32. The van der Waals surface area contributed by atoms with Crippen LogP contribution in [0.5, 0.6) is 5.75 Å². The number of para-hydroxylation sites is 1. The molecule has 4 aromatic rings. The van der Waals surface area contributed by atoms with Crippen LogP contribution in [0.2, 0.25) is 0 Å². The van der Waals surface area contributed by atoms with Crippen LogP contribution in [0.1, 0.15) is 22.0 Å². The van der Waals surface area contributed by atoms with Gasteiger partial charge in [0, 0.05) is 21.7 Å². The highest BCUT2D eigenvalue weighted by molar-refractivity contribution is 7.19. The van der Waals surface area contributed by atoms with E-state index in [-0.39, 0.29) is 6.04 Å². The van der Waals surface area contributed by atoms with Gasteiger partial charge in [-0.25, -0.2) is 0 Å². The van der Waals surface area contributed by atoms with Crippen LogP contribution in [0.15, 0.2) is 84.9 Å². The zero-order chi connectivity index (χ0) is 17.9. The summed E-state index contributed by atoms with van der Waals surface area (Å²) < 4.78 is 1.27. The molecule has 1 aromatic heterocycles. The molecule has 0 fully saturated rings. The van der Waals surface area contributed by atoms with Gasteiger partial charge in [0.05, 0.1) is 6.04 Å². The van der Waals surface area contributed by atoms with E-state index in [2.05, 4.69) is 66.5 Å². The number of thiophene rings is 1. The van der Waals surface area contributed by atoms with E-state index in [1.807, 2.05) is 24.3 Å². The van der Waals surface area contributed by atoms with Crippen molar-refractivity contribution in [1.82, 2.24) is 4.90 Å². The van der Waals surface area contributed by atoms with Gasteiger partial charge in [0.25, 0.3) is 0 Å². The first-order valence-corrected chi connectivity index (χ1v) is 9.54. The van der Waals surface area contributed by atoms with E-state index < -0.39 is 0 Å². The minimum absolute atomic E-state index is 0.00815. The summed E-state index contributed by atoms with van der Waals surface area (Å²) >= 11 is 1.80. The molecule has 0 amide bonds. The molecule has 0 saturated heterocycles. The molecule has 1 atom stereocenters. The maximum absolute atomic E-state index is 10.5. The molecular weight excluding hydrogens is 338 g/mol. The van der Waals surface area contributed by atoms with Crippen molar-refractivity contribution in [3.05, 3.63) is 101 Å². The van der Waals surface area contributed by atoms with Gasteiger partial charge in [0.1, 0.15) is 5.75 Å². The van der Waals surface area contributed by atoms with Crippen LogP contribution < -0.4 is 0 Å². The molecule has 3 heteroatoms. The van der Waals surface area contributed by atoms with Crippen molar-refractivity contribution in [3.8, 4) is 5.75 Å². The van der Waals surface area contributed by atoms with Crippen LogP contribution >= 0.6 is 11.3 Å². The van der Waals surface area contributed by atoms with E-state index in [0.29, 0.717) is 5.75 Å². The number of hydrogen-bond acceptors (Lipinski definition) is 3. The molecule has 3 aromatic carbocycles. The van der Waals surface area contributed by atoms with Crippen LogP contribution in [0.25, 0.3) is 10.1 Å². The quantitative estimate of drug-likeness (QED) is 0.485. The summed E-state index contributed by atoms with van der Waals surface area (Å²) in [5, 5.41) is 11.8. The standard InChI is InChI=1S/C23H21NOS/c1-24(16-17-9-3-2-4-10-17)23(19-12-6-7-13-20(19)25)22-15-18-11-5-8-14-21(18)26-22/h2-15,23,25H,16H2,1H3. The van der Waals surface area contributed by atoms with Gasteiger partial charge in [-0.3, -0.25) is 4.90 Å². The maximum atomic E-state index is 10.5. The lowest BCUT2D eigenvalue weighted by atomic mass is 10.0. The van der Waals surface area contributed by atoms with Crippen molar-refractivity contribution in [2.45, 2.75) is 12.6 Å². The molecule has 1 N–H and O–H groups in total. The second-order valence-electron chi connectivity index (χ2n) is 6.55. The normalized spacial score (nSPS) is 12.5. The Labute approximate surface area is 158 Å². The van der Waals surface area contributed by atoms with E-state index in [0.717, 1.165) is 12.1 Å². The Balaban J connectivity index is 1.77. The summed E-state index contributed by atoms with van der Waals surface area (Å²) in [7, 11) is 2.12. The van der Waals surface area contributed by atoms with Crippen LogP contribution in [-0.4, -0.2) is 17.1 Å². The molecule has 2 nitrogen and oxygen atoms in total. The first kappa shape index (κ1) is 16.8. The molecule has 0 aliphatic carbocycles. The van der Waals surface area contributed by atoms with Gasteiger partial charge in [-0.15, -0.1) is 11.3 Å². The Morgan fingerprint density at radius 3 is 2.35 bits per heavy atom. The number of rotatable bonds is 5. The number of benzene rings is 3. The maximum Gasteiger partial charge on any atom is 0.120 e. The summed E-state index contributed by atoms with van der Waals surface area (Å²) in [6.07, 6.45) is 0. The topological polar surface area (TPSA) is 23.5 Å². The largest absolute Gasteiger partial charge is 0.508 e. The summed E-state index contributed by atoms with van der Waals surface area (Å²) in [6.45, 7) is 0.814. The molecule has 26 heavy (non-hydrogen) atoms. The van der Waals surface area contributed by atoms with Gasteiger partial charge >= 0.3 is 0 Å². The summed E-state index contributed by atoms with van der Waals surface area (Å²) in [6, 6.07) is 28.8. The minimum Gasteiger partial charge on any atom is -0.508 e. The SMILES string of the molecule is CN(Cc1ccccc1)C(c1cc2ccccc2s1)c1ccccc1O. The lowest BCUT2D eigenvalue weighted by Gasteiger charge is -2.28. The predicted molar refractivity (Wildman–Crippen MR) is 110 cm³/mol. The zero-order valence-electron chi connectivity index (χ0n) is 14.7. The average Bonchev–Trinajstić information content (AvgIpc) is 3.08. The summed E-state index contributed by atoms with van der Waals surface area (Å²) in [5.74, 6) is 0.342. The number of hydrogen-bond donors (Lipinski definition) is 1. The highest BCUT2D eigenvalue weighted by atomic mass is 32.1. The number of aromatic hydroxyl groups is 1. The van der Waals surface area contributed by atoms with E-state index in [1.165, 1.54) is 20.5 Å². The van der Waals surface area contributed by atoms with Gasteiger partial charge in [-0.05, 0) is 36.2 Å². The van der Waals surface area contributed by atoms with Crippen molar-refractivity contribution >= 4 is 21.4 Å². The fourth-order valence-electron chi connectivity index (χ4n) is 3.43. The van der Waals surface area contributed by atoms with Gasteiger partial charge in [0.2, 0.25) is 0 Å². The first-order chi connectivity index (χ1) is 12.7. The van der Waals surface area contributed by atoms with Crippen LogP contribution in [0.3, 0.4) is 0 Å². The van der Waals surface area contributed by atoms with Gasteiger partial charge in [-0.1, -0.05) is 66.7 Å². The van der Waals surface area contributed by atoms with Gasteiger partial charge in [-0.2, -0.15) is 0 Å². The fourth-order valence-corrected chi connectivity index (χ4v) is 4.68. The third-order valence-electron chi connectivity index (χ3n) is 4.66. The molecule has 4 rings (SSSR count). The Kier molecular flexibility index (Phi) is 4.74. The second-order valence-corrected chi connectivity index (χ2v) is 7.66. The highest BCUT2D eigenvalue weighted by Crippen LogP contribution is 2.39. The summed E-state index contributed by atoms with van der Waals surface area (Å²) in [5.41, 5.74) is 2.20. The molecule has 0 saturated carbocycles. The van der Waals surface area contributed by atoms with Crippen molar-refractivity contribution in [3.63, 3.8) is 0 Å². The van der Waals surface area contributed by atoms with E-state index in [4.69, 9.17) is 0 Å². The third kappa shape index (κ3) is 3.36. The molecule has 0 aliphatic heterocycles. The van der Waals surface area contributed by atoms with Crippen molar-refractivity contribution in [2.75, 3.05) is 7.05 Å². The van der Waals surface area contributed by atoms with Crippen molar-refractivity contribution in [2.24, 2.45) is 0 Å². The van der Waals surface area contributed by atoms with Crippen LogP contribution in [0.4, 0.5) is 0 Å². The van der Waals surface area contributed by atoms with Crippen LogP contribution in [-0.2, 0) is 6.54 Å². The smallest absolute Gasteiger partial charge is 0.120 e. The third-order valence-corrected chi connectivity index (χ3v) is 5.83. The molecular formula is C23H21NOS. The Hall–Kier alpha value is -2.62. The van der Waals surface area contributed by atoms with Gasteiger partial charge in [0.15, 0.2) is 0 Å². The Morgan fingerprint density at radius 1 is 0.885 bits per heavy atom. The average molecular weight is 359 g/mol. The minimum atomic E-state index is 0.00815. The fraction of sp³-hybridized carbons (Fsp3) is 0.130. The van der Waals surface area contributed by atoms with Gasteiger partial charge < -0.3 is 5.11 Å². The van der Waals surface area contributed by atoms with E-state index in [1.54, 1.807) is 17.4 Å². The van der Waals surface area contributed by atoms with E-state index in [9.17, 15) is 5.11 Å². The monoisotopic (exact) mass is 359 g/mol. The number of phenolic OH excluding ortho intramolecular Hbond substituents is 1. The molecule has 1 unspecified atom stereocenters. The first-order valence-electron chi connectivity index (χ1n) is 8.73. The number of phenols is 1. The lowest BCUT2D eigenvalue weighted by molar-refractivity contribution is 0.268. The molecule has 0 aliphatic rings. The number of nitrogens with zero attached hydrogens (tertiary/aromatic N) is 1. The number of fused-ring (bicyclic) bond motifs is 1. The molecule has 130 valence electrons.